The van der Waals surface area contributed by atoms with E-state index in [1.807, 2.05) is 24.3 Å². The maximum Gasteiger partial charge on any atom is 0.234 e. The van der Waals surface area contributed by atoms with E-state index in [1.54, 1.807) is 37.4 Å². The van der Waals surface area contributed by atoms with Gasteiger partial charge >= 0.3 is 0 Å². The second kappa shape index (κ2) is 9.08. The fourth-order valence-electron chi connectivity index (χ4n) is 2.31. The minimum absolute atomic E-state index is 0.0624. The van der Waals surface area contributed by atoms with E-state index in [4.69, 9.17) is 4.74 Å². The molecule has 0 atom stereocenters. The van der Waals surface area contributed by atoms with Gasteiger partial charge in [0.15, 0.2) is 0 Å². The quantitative estimate of drug-likeness (QED) is 0.716. The summed E-state index contributed by atoms with van der Waals surface area (Å²) in [5, 5.41) is 2.63. The lowest BCUT2D eigenvalue weighted by Crippen LogP contribution is -2.31. The second-order valence-corrected chi connectivity index (χ2v) is 7.29. The molecule has 2 rings (SSSR count). The first-order chi connectivity index (χ1) is 12.0. The summed E-state index contributed by atoms with van der Waals surface area (Å²) in [4.78, 5) is 11.9. The third-order valence-electron chi connectivity index (χ3n) is 3.55. The van der Waals surface area contributed by atoms with Gasteiger partial charge in [0.2, 0.25) is 15.9 Å². The highest BCUT2D eigenvalue weighted by Crippen LogP contribution is 2.18. The van der Waals surface area contributed by atoms with E-state index < -0.39 is 10.0 Å². The third kappa shape index (κ3) is 6.46. The molecule has 0 spiro atoms. The minimum atomic E-state index is -3.49. The number of para-hydroxylation sites is 2. The van der Waals surface area contributed by atoms with Gasteiger partial charge in [-0.3, -0.25) is 9.52 Å². The number of rotatable bonds is 9. The number of amides is 1. The molecule has 1 amide bonds. The van der Waals surface area contributed by atoms with Gasteiger partial charge in [0.25, 0.3) is 0 Å². The zero-order valence-electron chi connectivity index (χ0n) is 14.1. The predicted molar refractivity (Wildman–Crippen MR) is 98.2 cm³/mol. The van der Waals surface area contributed by atoms with Gasteiger partial charge in [-0.05, 0) is 30.2 Å². The molecule has 0 saturated carbocycles. The summed E-state index contributed by atoms with van der Waals surface area (Å²) in [7, 11) is -1.91. The van der Waals surface area contributed by atoms with Crippen molar-refractivity contribution < 1.29 is 17.9 Å². The Hall–Kier alpha value is -2.54. The number of hydrogen-bond acceptors (Lipinski definition) is 4. The average molecular weight is 362 g/mol. The molecule has 0 aromatic heterocycles. The van der Waals surface area contributed by atoms with Crippen molar-refractivity contribution in [2.24, 2.45) is 0 Å². The molecule has 0 heterocycles. The molecule has 0 aliphatic heterocycles. The highest BCUT2D eigenvalue weighted by atomic mass is 32.2. The first kappa shape index (κ1) is 18.8. The van der Waals surface area contributed by atoms with Crippen LogP contribution in [0.15, 0.2) is 54.6 Å². The molecule has 2 aromatic rings. The van der Waals surface area contributed by atoms with Crippen LogP contribution in [0, 0.1) is 0 Å². The van der Waals surface area contributed by atoms with Crippen LogP contribution in [-0.2, 0) is 21.2 Å². The molecule has 0 aliphatic rings. The van der Waals surface area contributed by atoms with Crippen LogP contribution in [0.4, 0.5) is 5.69 Å². The molecule has 0 radical (unpaired) electrons. The van der Waals surface area contributed by atoms with E-state index in [0.29, 0.717) is 12.1 Å². The zero-order valence-corrected chi connectivity index (χ0v) is 14.9. The highest BCUT2D eigenvalue weighted by Gasteiger charge is 2.11. The van der Waals surface area contributed by atoms with Crippen molar-refractivity contribution in [3.63, 3.8) is 0 Å². The van der Waals surface area contributed by atoms with Gasteiger partial charge in [0, 0.05) is 18.7 Å². The second-order valence-electron chi connectivity index (χ2n) is 5.45. The van der Waals surface area contributed by atoms with Crippen LogP contribution in [0.2, 0.25) is 0 Å². The lowest BCUT2D eigenvalue weighted by atomic mass is 10.1. The lowest BCUT2D eigenvalue weighted by molar-refractivity contribution is -0.120. The molecule has 2 N–H and O–H groups in total. The summed E-state index contributed by atoms with van der Waals surface area (Å²) < 4.78 is 31.6. The van der Waals surface area contributed by atoms with E-state index in [2.05, 4.69) is 10.0 Å². The average Bonchev–Trinajstić information content (AvgIpc) is 2.60. The van der Waals surface area contributed by atoms with E-state index in [0.717, 1.165) is 11.3 Å². The van der Waals surface area contributed by atoms with Crippen molar-refractivity contribution in [1.29, 1.82) is 0 Å². The molecule has 0 bridgehead atoms. The van der Waals surface area contributed by atoms with Crippen molar-refractivity contribution in [1.82, 2.24) is 5.32 Å². The van der Waals surface area contributed by atoms with Crippen LogP contribution in [0.3, 0.4) is 0 Å². The number of nitrogens with one attached hydrogen (secondary N) is 2. The van der Waals surface area contributed by atoms with E-state index in [9.17, 15) is 13.2 Å². The Balaban J connectivity index is 1.74. The monoisotopic (exact) mass is 362 g/mol. The summed E-state index contributed by atoms with van der Waals surface area (Å²) in [6.45, 7) is 0.0624. The van der Waals surface area contributed by atoms with Crippen molar-refractivity contribution in [2.45, 2.75) is 12.8 Å². The number of anilines is 1. The number of hydrogen-bond donors (Lipinski definition) is 2. The Labute approximate surface area is 148 Å². The Bertz CT molecular complexity index is 792. The van der Waals surface area contributed by atoms with Gasteiger partial charge < -0.3 is 10.1 Å². The standard InChI is InChI=1S/C18H22N2O4S/c1-24-17-10-6-5-7-15(17)11-12-18(21)19-13-14-25(22,23)20-16-8-3-2-4-9-16/h2-10,20H,11-14H2,1H3,(H,19,21). The smallest absolute Gasteiger partial charge is 0.234 e. The van der Waals surface area contributed by atoms with Gasteiger partial charge in [-0.1, -0.05) is 36.4 Å². The minimum Gasteiger partial charge on any atom is -0.496 e. The molecule has 0 fully saturated rings. The first-order valence-electron chi connectivity index (χ1n) is 7.94. The van der Waals surface area contributed by atoms with E-state index in [1.165, 1.54) is 0 Å². The molecule has 7 heteroatoms. The SMILES string of the molecule is COc1ccccc1CCC(=O)NCCS(=O)(=O)Nc1ccccc1. The summed E-state index contributed by atoms with van der Waals surface area (Å²) in [5.74, 6) is 0.369. The first-order valence-corrected chi connectivity index (χ1v) is 9.59. The molecular formula is C18H22N2O4S. The topological polar surface area (TPSA) is 84.5 Å². The van der Waals surface area contributed by atoms with Crippen LogP contribution in [-0.4, -0.2) is 33.7 Å². The summed E-state index contributed by atoms with van der Waals surface area (Å²) in [6, 6.07) is 16.1. The third-order valence-corrected chi connectivity index (χ3v) is 4.84. The van der Waals surface area contributed by atoms with Gasteiger partial charge in [-0.25, -0.2) is 8.42 Å². The number of ether oxygens (including phenoxy) is 1. The van der Waals surface area contributed by atoms with Crippen LogP contribution in [0.5, 0.6) is 5.75 Å². The fourth-order valence-corrected chi connectivity index (χ4v) is 3.28. The molecule has 0 saturated heterocycles. The fraction of sp³-hybridized carbons (Fsp3) is 0.278. The van der Waals surface area contributed by atoms with Crippen LogP contribution < -0.4 is 14.8 Å². The molecule has 0 aliphatic carbocycles. The van der Waals surface area contributed by atoms with Crippen molar-refractivity contribution in [2.75, 3.05) is 24.1 Å². The lowest BCUT2D eigenvalue weighted by Gasteiger charge is -2.10. The highest BCUT2D eigenvalue weighted by molar-refractivity contribution is 7.92. The van der Waals surface area contributed by atoms with Gasteiger partial charge in [0.1, 0.15) is 5.75 Å². The van der Waals surface area contributed by atoms with E-state index >= 15 is 0 Å². The van der Waals surface area contributed by atoms with Gasteiger partial charge in [-0.15, -0.1) is 0 Å². The number of carbonyl (C=O) groups excluding carboxylic acids is 1. The molecule has 25 heavy (non-hydrogen) atoms. The Morgan fingerprint density at radius 3 is 2.44 bits per heavy atom. The number of benzene rings is 2. The largest absolute Gasteiger partial charge is 0.496 e. The molecule has 2 aromatic carbocycles. The molecule has 6 nitrogen and oxygen atoms in total. The van der Waals surface area contributed by atoms with Crippen molar-refractivity contribution in [3.8, 4) is 5.75 Å². The van der Waals surface area contributed by atoms with Crippen LogP contribution in [0.25, 0.3) is 0 Å². The summed E-state index contributed by atoms with van der Waals surface area (Å²) in [6.07, 6.45) is 0.803. The number of aryl methyl sites for hydroxylation is 1. The van der Waals surface area contributed by atoms with Crippen LogP contribution >= 0.6 is 0 Å². The number of sulfonamides is 1. The normalized spacial score (nSPS) is 10.9. The molecule has 0 unspecified atom stereocenters. The Kier molecular flexibility index (Phi) is 6.82. The van der Waals surface area contributed by atoms with Crippen LogP contribution in [0.1, 0.15) is 12.0 Å². The van der Waals surface area contributed by atoms with E-state index in [-0.39, 0.29) is 24.6 Å². The molecular weight excluding hydrogens is 340 g/mol. The van der Waals surface area contributed by atoms with Gasteiger partial charge in [0.05, 0.1) is 12.9 Å². The Morgan fingerprint density at radius 1 is 1.04 bits per heavy atom. The summed E-state index contributed by atoms with van der Waals surface area (Å²) in [5.41, 5.74) is 1.45. The zero-order chi connectivity index (χ0) is 18.1. The number of methoxy groups -OCH3 is 1. The predicted octanol–water partition coefficient (Wildman–Crippen LogP) is 2.19. The Morgan fingerprint density at radius 2 is 1.72 bits per heavy atom. The summed E-state index contributed by atoms with van der Waals surface area (Å²) >= 11 is 0. The molecule has 134 valence electrons. The van der Waals surface area contributed by atoms with Crippen molar-refractivity contribution in [3.05, 3.63) is 60.2 Å². The van der Waals surface area contributed by atoms with Crippen molar-refractivity contribution >= 4 is 21.6 Å². The number of carbonyl (C=O) groups is 1. The van der Waals surface area contributed by atoms with Gasteiger partial charge in [-0.2, -0.15) is 0 Å². The maximum atomic E-state index is 12.0. The maximum absolute atomic E-state index is 12.0.